The maximum atomic E-state index is 12.1. The van der Waals surface area contributed by atoms with Gasteiger partial charge in [0.15, 0.2) is 5.69 Å². The molecule has 0 aliphatic rings. The highest BCUT2D eigenvalue weighted by molar-refractivity contribution is 5.97. The Labute approximate surface area is 101 Å². The van der Waals surface area contributed by atoms with Crippen molar-refractivity contribution in [2.45, 2.75) is 26.7 Å². The maximum Gasteiger partial charge on any atom is 0.276 e. The Morgan fingerprint density at radius 1 is 1.53 bits per heavy atom. The molecule has 0 spiro atoms. The Bertz CT molecular complexity index is 376. The van der Waals surface area contributed by atoms with E-state index in [1.165, 1.54) is 0 Å². The van der Waals surface area contributed by atoms with Crippen LogP contribution in [-0.4, -0.2) is 45.8 Å². The summed E-state index contributed by atoms with van der Waals surface area (Å²) in [5.41, 5.74) is 7.08. The van der Waals surface area contributed by atoms with Gasteiger partial charge in [0.05, 0.1) is 18.0 Å². The van der Waals surface area contributed by atoms with Crippen molar-refractivity contribution in [3.63, 3.8) is 0 Å². The third-order valence-electron chi connectivity index (χ3n) is 2.64. The summed E-state index contributed by atoms with van der Waals surface area (Å²) in [7, 11) is 0. The topological polar surface area (TPSA) is 95.2 Å². The highest BCUT2D eigenvalue weighted by Crippen LogP contribution is 2.15. The van der Waals surface area contributed by atoms with Gasteiger partial charge in [0.2, 0.25) is 0 Å². The Balaban J connectivity index is 2.80. The van der Waals surface area contributed by atoms with E-state index in [-0.39, 0.29) is 18.2 Å². The summed E-state index contributed by atoms with van der Waals surface area (Å²) in [5, 5.41) is 15.5. The number of rotatable bonds is 6. The van der Waals surface area contributed by atoms with Crippen LogP contribution in [0.4, 0.5) is 5.69 Å². The van der Waals surface area contributed by atoms with Crippen molar-refractivity contribution in [1.29, 1.82) is 0 Å². The minimum Gasteiger partial charge on any atom is -0.395 e. The van der Waals surface area contributed by atoms with Crippen molar-refractivity contribution in [3.05, 3.63) is 11.4 Å². The lowest BCUT2D eigenvalue weighted by Gasteiger charge is -2.20. The largest absolute Gasteiger partial charge is 0.395 e. The van der Waals surface area contributed by atoms with Crippen molar-refractivity contribution < 1.29 is 9.90 Å². The number of aromatic amines is 1. The van der Waals surface area contributed by atoms with Crippen LogP contribution in [0.15, 0.2) is 0 Å². The second-order valence-electron chi connectivity index (χ2n) is 3.98. The molecule has 1 heterocycles. The van der Waals surface area contributed by atoms with Crippen molar-refractivity contribution in [1.82, 2.24) is 15.1 Å². The molecule has 0 aromatic carbocycles. The van der Waals surface area contributed by atoms with Gasteiger partial charge < -0.3 is 15.7 Å². The number of carbonyl (C=O) groups is 1. The molecule has 0 bridgehead atoms. The second kappa shape index (κ2) is 6.24. The van der Waals surface area contributed by atoms with Crippen LogP contribution in [0.3, 0.4) is 0 Å². The summed E-state index contributed by atoms with van der Waals surface area (Å²) < 4.78 is 0. The van der Waals surface area contributed by atoms with Crippen LogP contribution in [0.25, 0.3) is 0 Å². The first-order valence-corrected chi connectivity index (χ1v) is 5.82. The van der Waals surface area contributed by atoms with E-state index in [2.05, 4.69) is 17.1 Å². The van der Waals surface area contributed by atoms with Gasteiger partial charge in [-0.05, 0) is 13.3 Å². The predicted molar refractivity (Wildman–Crippen MR) is 65.6 cm³/mol. The van der Waals surface area contributed by atoms with E-state index in [0.717, 1.165) is 12.8 Å². The number of aromatic nitrogens is 2. The van der Waals surface area contributed by atoms with Gasteiger partial charge >= 0.3 is 0 Å². The summed E-state index contributed by atoms with van der Waals surface area (Å²) in [6.07, 6.45) is 1.89. The number of hydrogen-bond donors (Lipinski definition) is 3. The summed E-state index contributed by atoms with van der Waals surface area (Å²) in [5.74, 6) is -0.227. The van der Waals surface area contributed by atoms with Gasteiger partial charge in [-0.15, -0.1) is 0 Å². The molecule has 96 valence electrons. The quantitative estimate of drug-likeness (QED) is 0.676. The molecule has 1 rings (SSSR count). The first kappa shape index (κ1) is 13.5. The molecule has 0 fully saturated rings. The van der Waals surface area contributed by atoms with Gasteiger partial charge in [-0.25, -0.2) is 0 Å². The summed E-state index contributed by atoms with van der Waals surface area (Å²) >= 11 is 0. The Morgan fingerprint density at radius 2 is 2.24 bits per heavy atom. The van der Waals surface area contributed by atoms with Crippen LogP contribution in [-0.2, 0) is 0 Å². The molecule has 0 aliphatic carbocycles. The van der Waals surface area contributed by atoms with E-state index in [4.69, 9.17) is 10.8 Å². The van der Waals surface area contributed by atoms with Gasteiger partial charge in [-0.1, -0.05) is 13.3 Å². The van der Waals surface area contributed by atoms with Crippen molar-refractivity contribution >= 4 is 11.6 Å². The van der Waals surface area contributed by atoms with Gasteiger partial charge in [-0.3, -0.25) is 9.89 Å². The van der Waals surface area contributed by atoms with E-state index >= 15 is 0 Å². The minimum absolute atomic E-state index is 0.0568. The monoisotopic (exact) mass is 240 g/mol. The Kier molecular flexibility index (Phi) is 4.96. The van der Waals surface area contributed by atoms with E-state index in [1.807, 2.05) is 0 Å². The third-order valence-corrected chi connectivity index (χ3v) is 2.64. The van der Waals surface area contributed by atoms with Crippen molar-refractivity contribution in [3.8, 4) is 0 Å². The van der Waals surface area contributed by atoms with Gasteiger partial charge in [0.1, 0.15) is 0 Å². The fourth-order valence-corrected chi connectivity index (χ4v) is 1.54. The molecule has 0 atom stereocenters. The van der Waals surface area contributed by atoms with E-state index < -0.39 is 0 Å². The molecule has 4 N–H and O–H groups in total. The average Bonchev–Trinajstić information content (AvgIpc) is 2.65. The SMILES string of the molecule is CCCCN(CCO)C(=O)c1n[nH]c(C)c1N. The summed E-state index contributed by atoms with van der Waals surface area (Å²) in [4.78, 5) is 13.7. The van der Waals surface area contributed by atoms with Crippen molar-refractivity contribution in [2.24, 2.45) is 0 Å². The number of aryl methyl sites for hydroxylation is 1. The Hall–Kier alpha value is -1.56. The molecule has 0 unspecified atom stereocenters. The van der Waals surface area contributed by atoms with Gasteiger partial charge in [-0.2, -0.15) is 5.10 Å². The molecule has 17 heavy (non-hydrogen) atoms. The molecule has 0 saturated carbocycles. The molecule has 6 heteroatoms. The fourth-order valence-electron chi connectivity index (χ4n) is 1.54. The smallest absolute Gasteiger partial charge is 0.276 e. The molecule has 6 nitrogen and oxygen atoms in total. The average molecular weight is 240 g/mol. The highest BCUT2D eigenvalue weighted by atomic mass is 16.3. The van der Waals surface area contributed by atoms with E-state index in [9.17, 15) is 4.79 Å². The molecule has 1 aromatic heterocycles. The lowest BCUT2D eigenvalue weighted by molar-refractivity contribution is 0.0714. The van der Waals surface area contributed by atoms with Crippen LogP contribution in [0.2, 0.25) is 0 Å². The lowest BCUT2D eigenvalue weighted by atomic mass is 10.2. The lowest BCUT2D eigenvalue weighted by Crippen LogP contribution is -2.35. The van der Waals surface area contributed by atoms with Crippen molar-refractivity contribution in [2.75, 3.05) is 25.4 Å². The number of nitrogen functional groups attached to an aromatic ring is 1. The van der Waals surface area contributed by atoms with Gasteiger partial charge in [0, 0.05) is 13.1 Å². The molecule has 0 saturated heterocycles. The standard InChI is InChI=1S/C11H20N4O2/c1-3-4-5-15(6-7-16)11(17)10-9(12)8(2)13-14-10/h16H,3-7,12H2,1-2H3,(H,13,14). The molecule has 1 amide bonds. The summed E-state index contributed by atoms with van der Waals surface area (Å²) in [6, 6.07) is 0. The minimum atomic E-state index is -0.227. The number of aliphatic hydroxyl groups is 1. The van der Waals surface area contributed by atoms with Crippen LogP contribution >= 0.6 is 0 Å². The van der Waals surface area contributed by atoms with Crippen LogP contribution < -0.4 is 5.73 Å². The first-order valence-electron chi connectivity index (χ1n) is 5.82. The molecular formula is C11H20N4O2. The van der Waals surface area contributed by atoms with E-state index in [1.54, 1.807) is 11.8 Å². The number of unbranched alkanes of at least 4 members (excludes halogenated alkanes) is 1. The number of H-pyrrole nitrogens is 1. The number of amides is 1. The molecule has 1 aromatic rings. The maximum absolute atomic E-state index is 12.1. The second-order valence-corrected chi connectivity index (χ2v) is 3.98. The van der Waals surface area contributed by atoms with Crippen LogP contribution in [0, 0.1) is 6.92 Å². The number of carbonyl (C=O) groups excluding carboxylic acids is 1. The molecule has 0 radical (unpaired) electrons. The predicted octanol–water partition coefficient (Wildman–Crippen LogP) is 0.535. The molecular weight excluding hydrogens is 220 g/mol. The third kappa shape index (κ3) is 3.20. The van der Waals surface area contributed by atoms with Crippen LogP contribution in [0.5, 0.6) is 0 Å². The fraction of sp³-hybridized carbons (Fsp3) is 0.636. The first-order chi connectivity index (χ1) is 8.11. The molecule has 0 aliphatic heterocycles. The number of anilines is 1. The number of aliphatic hydroxyl groups excluding tert-OH is 1. The zero-order chi connectivity index (χ0) is 12.8. The Morgan fingerprint density at radius 3 is 2.71 bits per heavy atom. The van der Waals surface area contributed by atoms with E-state index in [0.29, 0.717) is 24.5 Å². The number of nitrogens with zero attached hydrogens (tertiary/aromatic N) is 2. The number of nitrogens with two attached hydrogens (primary N) is 1. The normalized spacial score (nSPS) is 10.5. The number of hydrogen-bond acceptors (Lipinski definition) is 4. The number of nitrogens with one attached hydrogen (secondary N) is 1. The van der Waals surface area contributed by atoms with Gasteiger partial charge in [0.25, 0.3) is 5.91 Å². The summed E-state index contributed by atoms with van der Waals surface area (Å²) in [6.45, 7) is 4.68. The zero-order valence-electron chi connectivity index (χ0n) is 10.4. The van der Waals surface area contributed by atoms with Crippen LogP contribution in [0.1, 0.15) is 35.9 Å². The highest BCUT2D eigenvalue weighted by Gasteiger charge is 2.21. The zero-order valence-corrected chi connectivity index (χ0v) is 10.4.